The highest BCUT2D eigenvalue weighted by molar-refractivity contribution is 7.80. The molecular formula is C10H19N3S. The van der Waals surface area contributed by atoms with Crippen LogP contribution in [0.1, 0.15) is 26.2 Å². The van der Waals surface area contributed by atoms with Gasteiger partial charge in [-0.1, -0.05) is 19.1 Å². The maximum absolute atomic E-state index is 5.20. The molecule has 3 nitrogen and oxygen atoms in total. The Morgan fingerprint density at radius 3 is 3.07 bits per heavy atom. The Kier molecular flexibility index (Phi) is 3.36. The van der Waals surface area contributed by atoms with Crippen molar-refractivity contribution in [2.45, 2.75) is 32.4 Å². The molecule has 2 atom stereocenters. The van der Waals surface area contributed by atoms with Gasteiger partial charge in [-0.2, -0.15) is 0 Å². The minimum Gasteiger partial charge on any atom is -0.367 e. The van der Waals surface area contributed by atoms with E-state index in [9.17, 15) is 0 Å². The van der Waals surface area contributed by atoms with Gasteiger partial charge in [0.2, 0.25) is 0 Å². The Balaban J connectivity index is 1.89. The van der Waals surface area contributed by atoms with Crippen LogP contribution in [0, 0.1) is 5.92 Å². The molecule has 0 radical (unpaired) electrons. The molecule has 0 aromatic heterocycles. The van der Waals surface area contributed by atoms with Crippen molar-refractivity contribution in [3.05, 3.63) is 0 Å². The second-order valence-corrected chi connectivity index (χ2v) is 4.94. The first kappa shape index (κ1) is 10.3. The van der Waals surface area contributed by atoms with Gasteiger partial charge in [-0.25, -0.2) is 0 Å². The molecule has 0 saturated carbocycles. The molecule has 2 unspecified atom stereocenters. The standard InChI is InChI=1S/C10H19N3S/c1-8-3-2-4-13(6-8)9-5-10(14)12-7-11-9/h8-9,11H,2-7H2,1H3,(H,12,14). The molecule has 2 aliphatic heterocycles. The minimum absolute atomic E-state index is 0.478. The zero-order valence-corrected chi connectivity index (χ0v) is 9.57. The summed E-state index contributed by atoms with van der Waals surface area (Å²) in [5.74, 6) is 0.842. The van der Waals surface area contributed by atoms with E-state index in [0.29, 0.717) is 6.17 Å². The number of piperidine rings is 1. The third kappa shape index (κ3) is 2.43. The Bertz CT molecular complexity index is 219. The van der Waals surface area contributed by atoms with Gasteiger partial charge < -0.3 is 5.32 Å². The lowest BCUT2D eigenvalue weighted by molar-refractivity contribution is 0.106. The predicted molar refractivity (Wildman–Crippen MR) is 62.1 cm³/mol. The van der Waals surface area contributed by atoms with Crippen molar-refractivity contribution in [2.24, 2.45) is 5.92 Å². The number of hydrogen-bond donors (Lipinski definition) is 2. The highest BCUT2D eigenvalue weighted by atomic mass is 32.1. The van der Waals surface area contributed by atoms with Crippen LogP contribution in [-0.4, -0.2) is 35.8 Å². The summed E-state index contributed by atoms with van der Waals surface area (Å²) >= 11 is 5.20. The Hall–Kier alpha value is -0.190. The van der Waals surface area contributed by atoms with Crippen LogP contribution >= 0.6 is 12.2 Å². The van der Waals surface area contributed by atoms with Gasteiger partial charge in [0.05, 0.1) is 17.8 Å². The molecule has 2 N–H and O–H groups in total. The number of likely N-dealkylation sites (tertiary alicyclic amines) is 1. The first-order chi connectivity index (χ1) is 6.75. The van der Waals surface area contributed by atoms with E-state index in [1.165, 1.54) is 25.9 Å². The topological polar surface area (TPSA) is 27.3 Å². The molecular weight excluding hydrogens is 194 g/mol. The van der Waals surface area contributed by atoms with Gasteiger partial charge in [-0.05, 0) is 25.3 Å². The molecule has 0 amide bonds. The maximum Gasteiger partial charge on any atom is 0.0792 e. The molecule has 4 heteroatoms. The van der Waals surface area contributed by atoms with E-state index in [0.717, 1.165) is 24.0 Å². The number of rotatable bonds is 1. The van der Waals surface area contributed by atoms with Crippen molar-refractivity contribution in [1.82, 2.24) is 15.5 Å². The van der Waals surface area contributed by atoms with E-state index in [1.807, 2.05) is 0 Å². The molecule has 0 spiro atoms. The zero-order valence-electron chi connectivity index (χ0n) is 8.75. The smallest absolute Gasteiger partial charge is 0.0792 e. The van der Waals surface area contributed by atoms with Crippen molar-refractivity contribution >= 4 is 17.2 Å². The molecule has 0 aromatic rings. The van der Waals surface area contributed by atoms with Crippen LogP contribution < -0.4 is 10.6 Å². The van der Waals surface area contributed by atoms with Crippen LogP contribution in [0.5, 0.6) is 0 Å². The molecule has 2 saturated heterocycles. The predicted octanol–water partition coefficient (Wildman–Crippen LogP) is 0.912. The van der Waals surface area contributed by atoms with Crippen molar-refractivity contribution in [2.75, 3.05) is 19.8 Å². The van der Waals surface area contributed by atoms with Crippen molar-refractivity contribution in [3.8, 4) is 0 Å². The van der Waals surface area contributed by atoms with Gasteiger partial charge in [0.1, 0.15) is 0 Å². The SMILES string of the molecule is CC1CCCN(C2CC(=S)NCN2)C1. The van der Waals surface area contributed by atoms with Gasteiger partial charge in [-0.3, -0.25) is 10.2 Å². The van der Waals surface area contributed by atoms with Crippen molar-refractivity contribution in [3.63, 3.8) is 0 Å². The zero-order chi connectivity index (χ0) is 9.97. The summed E-state index contributed by atoms with van der Waals surface area (Å²) in [6.07, 6.45) is 4.17. The van der Waals surface area contributed by atoms with Crippen molar-refractivity contribution < 1.29 is 0 Å². The average Bonchev–Trinajstić information content (AvgIpc) is 2.18. The Morgan fingerprint density at radius 2 is 2.36 bits per heavy atom. The average molecular weight is 213 g/mol. The van der Waals surface area contributed by atoms with Crippen LogP contribution in [0.4, 0.5) is 0 Å². The van der Waals surface area contributed by atoms with Gasteiger partial charge in [-0.15, -0.1) is 0 Å². The first-order valence-electron chi connectivity index (χ1n) is 5.50. The molecule has 0 aromatic carbocycles. The third-order valence-electron chi connectivity index (χ3n) is 3.13. The van der Waals surface area contributed by atoms with Crippen LogP contribution in [0.3, 0.4) is 0 Å². The number of hydrogen-bond acceptors (Lipinski definition) is 3. The van der Waals surface area contributed by atoms with E-state index in [4.69, 9.17) is 12.2 Å². The van der Waals surface area contributed by atoms with E-state index in [-0.39, 0.29) is 0 Å². The number of thiocarbonyl (C=S) groups is 1. The highest BCUT2D eigenvalue weighted by Gasteiger charge is 2.26. The third-order valence-corrected chi connectivity index (χ3v) is 3.44. The molecule has 2 rings (SSSR count). The molecule has 2 aliphatic rings. The fourth-order valence-electron chi connectivity index (χ4n) is 2.35. The number of nitrogens with zero attached hydrogens (tertiary/aromatic N) is 1. The normalized spacial score (nSPS) is 35.4. The Morgan fingerprint density at radius 1 is 1.50 bits per heavy atom. The van der Waals surface area contributed by atoms with Crippen LogP contribution in [0.25, 0.3) is 0 Å². The monoisotopic (exact) mass is 213 g/mol. The van der Waals surface area contributed by atoms with E-state index in [2.05, 4.69) is 22.5 Å². The summed E-state index contributed by atoms with van der Waals surface area (Å²) in [6.45, 7) is 5.62. The molecule has 0 aliphatic carbocycles. The number of nitrogens with one attached hydrogen (secondary N) is 2. The second kappa shape index (κ2) is 4.55. The summed E-state index contributed by atoms with van der Waals surface area (Å²) in [7, 11) is 0. The lowest BCUT2D eigenvalue weighted by Crippen LogP contribution is -2.57. The maximum atomic E-state index is 5.20. The van der Waals surface area contributed by atoms with Crippen LogP contribution in [0.15, 0.2) is 0 Å². The van der Waals surface area contributed by atoms with Gasteiger partial charge >= 0.3 is 0 Å². The highest BCUT2D eigenvalue weighted by Crippen LogP contribution is 2.18. The van der Waals surface area contributed by atoms with Gasteiger partial charge in [0, 0.05) is 13.0 Å². The van der Waals surface area contributed by atoms with Gasteiger partial charge in [0.15, 0.2) is 0 Å². The minimum atomic E-state index is 0.478. The van der Waals surface area contributed by atoms with Gasteiger partial charge in [0.25, 0.3) is 0 Å². The molecule has 2 heterocycles. The first-order valence-corrected chi connectivity index (χ1v) is 5.90. The fraction of sp³-hybridized carbons (Fsp3) is 0.900. The Labute approximate surface area is 91.2 Å². The molecule has 2 fully saturated rings. The summed E-state index contributed by atoms with van der Waals surface area (Å²) in [4.78, 5) is 3.55. The summed E-state index contributed by atoms with van der Waals surface area (Å²) in [5, 5.41) is 6.62. The second-order valence-electron chi connectivity index (χ2n) is 4.44. The fourth-order valence-corrected chi connectivity index (χ4v) is 2.58. The quantitative estimate of drug-likeness (QED) is 0.633. The lowest BCUT2D eigenvalue weighted by atomic mass is 9.99. The summed E-state index contributed by atoms with van der Waals surface area (Å²) < 4.78 is 0. The molecule has 0 bridgehead atoms. The summed E-state index contributed by atoms with van der Waals surface area (Å²) in [6, 6.07) is 0. The lowest BCUT2D eigenvalue weighted by Gasteiger charge is -2.39. The van der Waals surface area contributed by atoms with E-state index < -0.39 is 0 Å². The van der Waals surface area contributed by atoms with Crippen LogP contribution in [0.2, 0.25) is 0 Å². The molecule has 14 heavy (non-hydrogen) atoms. The molecule has 80 valence electrons. The largest absolute Gasteiger partial charge is 0.367 e. The summed E-state index contributed by atoms with van der Waals surface area (Å²) in [5.41, 5.74) is 0. The van der Waals surface area contributed by atoms with Crippen LogP contribution in [-0.2, 0) is 0 Å². The van der Waals surface area contributed by atoms with E-state index in [1.54, 1.807) is 0 Å². The van der Waals surface area contributed by atoms with E-state index >= 15 is 0 Å². The van der Waals surface area contributed by atoms with Crippen molar-refractivity contribution in [1.29, 1.82) is 0 Å².